The number of hydrogen-bond donors (Lipinski definition) is 2. The fourth-order valence-electron chi connectivity index (χ4n) is 2.27. The molecule has 0 unspecified atom stereocenters. The smallest absolute Gasteiger partial charge is 0.337 e. The van der Waals surface area contributed by atoms with Crippen LogP contribution in [0.2, 0.25) is 0 Å². The van der Waals surface area contributed by atoms with Gasteiger partial charge in [0.05, 0.1) is 19.2 Å². The Morgan fingerprint density at radius 3 is 2.19 bits per heavy atom. The second-order valence-corrected chi connectivity index (χ2v) is 5.72. The number of methoxy groups -OCH3 is 1. The van der Waals surface area contributed by atoms with E-state index in [1.54, 1.807) is 12.1 Å². The molecule has 2 rings (SSSR count). The highest BCUT2D eigenvalue weighted by atomic mass is 127. The van der Waals surface area contributed by atoms with Crippen LogP contribution in [0.15, 0.2) is 53.5 Å². The molecule has 2 aromatic rings. The average molecular weight is 467 g/mol. The van der Waals surface area contributed by atoms with Crippen molar-refractivity contribution >= 4 is 35.9 Å². The van der Waals surface area contributed by atoms with Crippen LogP contribution in [-0.2, 0) is 17.8 Å². The van der Waals surface area contributed by atoms with Gasteiger partial charge in [-0.15, -0.1) is 24.0 Å². The maximum atomic E-state index is 11.4. The number of aliphatic imine (C=N–C) groups is 1. The molecule has 5 nitrogen and oxygen atoms in total. The number of carbonyl (C=O) groups excluding carboxylic acids is 1. The van der Waals surface area contributed by atoms with Gasteiger partial charge in [0.15, 0.2) is 5.96 Å². The van der Waals surface area contributed by atoms with Crippen molar-refractivity contribution in [2.75, 3.05) is 13.7 Å². The van der Waals surface area contributed by atoms with Gasteiger partial charge in [-0.3, -0.25) is 0 Å². The molecular weight excluding hydrogens is 441 g/mol. The van der Waals surface area contributed by atoms with Gasteiger partial charge in [-0.05, 0) is 37.1 Å². The number of nitrogens with one attached hydrogen (secondary N) is 2. The van der Waals surface area contributed by atoms with Crippen molar-refractivity contribution in [3.05, 3.63) is 70.8 Å². The van der Waals surface area contributed by atoms with Gasteiger partial charge in [0.1, 0.15) is 0 Å². The predicted molar refractivity (Wildman–Crippen MR) is 116 cm³/mol. The molecule has 0 bridgehead atoms. The van der Waals surface area contributed by atoms with Crippen LogP contribution in [0.25, 0.3) is 0 Å². The molecule has 0 radical (unpaired) electrons. The standard InChI is InChI=1S/C20H25N3O2.HI/c1-4-21-20(22-13-16-7-5-15(2)6-8-16)23-14-17-9-11-18(12-10-17)19(24)25-3;/h5-12H,4,13-14H2,1-3H3,(H2,21,22,23);1H. The number of carbonyl (C=O) groups is 1. The van der Waals surface area contributed by atoms with Crippen molar-refractivity contribution in [3.63, 3.8) is 0 Å². The Hall–Kier alpha value is -2.09. The molecule has 0 atom stereocenters. The summed E-state index contributed by atoms with van der Waals surface area (Å²) >= 11 is 0. The highest BCUT2D eigenvalue weighted by molar-refractivity contribution is 14.0. The lowest BCUT2D eigenvalue weighted by atomic mass is 10.1. The van der Waals surface area contributed by atoms with Crippen molar-refractivity contribution in [1.82, 2.24) is 10.6 Å². The van der Waals surface area contributed by atoms with E-state index in [1.165, 1.54) is 18.2 Å². The van der Waals surface area contributed by atoms with Gasteiger partial charge < -0.3 is 15.4 Å². The maximum Gasteiger partial charge on any atom is 0.337 e. The average Bonchev–Trinajstić information content (AvgIpc) is 2.65. The summed E-state index contributed by atoms with van der Waals surface area (Å²) in [5.41, 5.74) is 4.03. The molecule has 2 aromatic carbocycles. The lowest BCUT2D eigenvalue weighted by Crippen LogP contribution is -2.36. The van der Waals surface area contributed by atoms with Gasteiger partial charge in [-0.2, -0.15) is 0 Å². The Morgan fingerprint density at radius 1 is 1.00 bits per heavy atom. The number of halogens is 1. The number of esters is 1. The zero-order valence-corrected chi connectivity index (χ0v) is 17.7. The fraction of sp³-hybridized carbons (Fsp3) is 0.300. The highest BCUT2D eigenvalue weighted by Gasteiger charge is 2.04. The summed E-state index contributed by atoms with van der Waals surface area (Å²) in [6.07, 6.45) is 0. The monoisotopic (exact) mass is 467 g/mol. The highest BCUT2D eigenvalue weighted by Crippen LogP contribution is 2.07. The van der Waals surface area contributed by atoms with Crippen molar-refractivity contribution < 1.29 is 9.53 Å². The van der Waals surface area contributed by atoms with Crippen LogP contribution in [0.4, 0.5) is 0 Å². The van der Waals surface area contributed by atoms with Gasteiger partial charge in [-0.25, -0.2) is 9.79 Å². The molecule has 0 aliphatic heterocycles. The molecule has 0 aliphatic carbocycles. The molecule has 140 valence electrons. The minimum atomic E-state index is -0.330. The van der Waals surface area contributed by atoms with Crippen molar-refractivity contribution in [2.45, 2.75) is 26.9 Å². The number of benzene rings is 2. The minimum absolute atomic E-state index is 0. The second kappa shape index (κ2) is 11.5. The van der Waals surface area contributed by atoms with Crippen LogP contribution in [0.1, 0.15) is 34.0 Å². The third-order valence-electron chi connectivity index (χ3n) is 3.72. The number of rotatable bonds is 6. The molecule has 0 saturated heterocycles. The lowest BCUT2D eigenvalue weighted by molar-refractivity contribution is 0.0600. The van der Waals surface area contributed by atoms with Crippen LogP contribution in [0.5, 0.6) is 0 Å². The van der Waals surface area contributed by atoms with Crippen molar-refractivity contribution in [3.8, 4) is 0 Å². The second-order valence-electron chi connectivity index (χ2n) is 5.72. The van der Waals surface area contributed by atoms with E-state index in [4.69, 9.17) is 4.74 Å². The molecule has 0 amide bonds. The first-order valence-electron chi connectivity index (χ1n) is 8.37. The number of ether oxygens (including phenoxy) is 1. The molecule has 6 heteroatoms. The van der Waals surface area contributed by atoms with Gasteiger partial charge >= 0.3 is 5.97 Å². The van der Waals surface area contributed by atoms with Crippen LogP contribution in [0.3, 0.4) is 0 Å². The lowest BCUT2D eigenvalue weighted by Gasteiger charge is -2.11. The zero-order chi connectivity index (χ0) is 18.1. The van der Waals surface area contributed by atoms with Crippen LogP contribution < -0.4 is 10.6 Å². The largest absolute Gasteiger partial charge is 0.465 e. The quantitative estimate of drug-likeness (QED) is 0.295. The Morgan fingerprint density at radius 2 is 1.62 bits per heavy atom. The first-order valence-corrected chi connectivity index (χ1v) is 8.37. The molecule has 0 saturated carbocycles. The topological polar surface area (TPSA) is 62.7 Å². The van der Waals surface area contributed by atoms with E-state index in [0.29, 0.717) is 18.7 Å². The predicted octanol–water partition coefficient (Wildman–Crippen LogP) is 3.65. The summed E-state index contributed by atoms with van der Waals surface area (Å²) in [5, 5.41) is 6.57. The van der Waals surface area contributed by atoms with Gasteiger partial charge in [0.2, 0.25) is 0 Å². The molecule has 0 aliphatic rings. The summed E-state index contributed by atoms with van der Waals surface area (Å²) in [5.74, 6) is 0.434. The Balaban J connectivity index is 0.00000338. The van der Waals surface area contributed by atoms with Crippen LogP contribution in [-0.4, -0.2) is 25.6 Å². The van der Waals surface area contributed by atoms with Gasteiger partial charge in [0, 0.05) is 13.1 Å². The molecule has 0 fully saturated rings. The summed E-state index contributed by atoms with van der Waals surface area (Å²) in [7, 11) is 1.38. The first kappa shape index (κ1) is 22.0. The third-order valence-corrected chi connectivity index (χ3v) is 3.72. The van der Waals surface area contributed by atoms with E-state index in [0.717, 1.165) is 18.1 Å². The number of aryl methyl sites for hydroxylation is 1. The van der Waals surface area contributed by atoms with E-state index < -0.39 is 0 Å². The SMILES string of the molecule is CCNC(=NCc1ccc(C(=O)OC)cc1)NCc1ccc(C)cc1.I. The maximum absolute atomic E-state index is 11.4. The molecule has 0 aromatic heterocycles. The zero-order valence-electron chi connectivity index (χ0n) is 15.4. The number of hydrogen-bond acceptors (Lipinski definition) is 3. The normalized spacial score (nSPS) is 10.7. The summed E-state index contributed by atoms with van der Waals surface area (Å²) in [6, 6.07) is 15.7. The minimum Gasteiger partial charge on any atom is -0.465 e. The van der Waals surface area contributed by atoms with Crippen LogP contribution in [0, 0.1) is 6.92 Å². The summed E-state index contributed by atoms with van der Waals surface area (Å²) in [4.78, 5) is 16.0. The number of guanidine groups is 1. The molecule has 26 heavy (non-hydrogen) atoms. The van der Waals surface area contributed by atoms with Crippen LogP contribution >= 0.6 is 24.0 Å². The summed E-state index contributed by atoms with van der Waals surface area (Å²) in [6.45, 7) is 6.15. The molecule has 0 spiro atoms. The third kappa shape index (κ3) is 7.03. The van der Waals surface area contributed by atoms with Crippen molar-refractivity contribution in [2.24, 2.45) is 4.99 Å². The Bertz CT molecular complexity index is 713. The summed E-state index contributed by atoms with van der Waals surface area (Å²) < 4.78 is 4.70. The Labute approximate surface area is 172 Å². The Kier molecular flexibility index (Phi) is 9.72. The number of nitrogens with zero attached hydrogens (tertiary/aromatic N) is 1. The molecule has 0 heterocycles. The molecule has 2 N–H and O–H groups in total. The van der Waals surface area contributed by atoms with E-state index in [1.807, 2.05) is 19.1 Å². The van der Waals surface area contributed by atoms with Gasteiger partial charge in [0.25, 0.3) is 0 Å². The van der Waals surface area contributed by atoms with E-state index in [2.05, 4.69) is 46.8 Å². The van der Waals surface area contributed by atoms with E-state index in [-0.39, 0.29) is 29.9 Å². The van der Waals surface area contributed by atoms with Crippen molar-refractivity contribution in [1.29, 1.82) is 0 Å². The van der Waals surface area contributed by atoms with Gasteiger partial charge in [-0.1, -0.05) is 42.0 Å². The van der Waals surface area contributed by atoms with E-state index in [9.17, 15) is 4.79 Å². The fourth-order valence-corrected chi connectivity index (χ4v) is 2.27. The van der Waals surface area contributed by atoms with E-state index >= 15 is 0 Å². The first-order chi connectivity index (χ1) is 12.1. The molecular formula is C20H26IN3O2.